The highest BCUT2D eigenvalue weighted by molar-refractivity contribution is 5.94. The van der Waals surface area contributed by atoms with Crippen molar-refractivity contribution < 1.29 is 9.72 Å². The number of nitrogens with zero attached hydrogens (tertiary/aromatic N) is 5. The highest BCUT2D eigenvalue weighted by atomic mass is 16.6. The number of nitro groups is 1. The highest BCUT2D eigenvalue weighted by Gasteiger charge is 2.26. The van der Waals surface area contributed by atoms with Crippen LogP contribution in [0.15, 0.2) is 54.6 Å². The fourth-order valence-electron chi connectivity index (χ4n) is 4.20. The number of amides is 1. The molecule has 0 radical (unpaired) electrons. The van der Waals surface area contributed by atoms with Gasteiger partial charge in [0.15, 0.2) is 0 Å². The third-order valence-electron chi connectivity index (χ3n) is 5.93. The van der Waals surface area contributed by atoms with E-state index in [2.05, 4.69) is 24.0 Å². The van der Waals surface area contributed by atoms with Gasteiger partial charge in [0.2, 0.25) is 0 Å². The van der Waals surface area contributed by atoms with Crippen molar-refractivity contribution in [1.82, 2.24) is 14.9 Å². The van der Waals surface area contributed by atoms with Gasteiger partial charge in [-0.3, -0.25) is 14.9 Å². The molecule has 0 unspecified atom stereocenters. The highest BCUT2D eigenvalue weighted by Crippen LogP contribution is 2.26. The van der Waals surface area contributed by atoms with Crippen LogP contribution in [0.1, 0.15) is 39.9 Å². The van der Waals surface area contributed by atoms with Crippen molar-refractivity contribution in [1.29, 1.82) is 0 Å². The van der Waals surface area contributed by atoms with E-state index in [1.165, 1.54) is 29.8 Å². The van der Waals surface area contributed by atoms with Crippen LogP contribution in [0.2, 0.25) is 0 Å². The van der Waals surface area contributed by atoms with E-state index in [9.17, 15) is 14.9 Å². The minimum atomic E-state index is -0.464. The zero-order valence-electron chi connectivity index (χ0n) is 18.9. The van der Waals surface area contributed by atoms with Gasteiger partial charge in [0.05, 0.1) is 4.92 Å². The number of anilines is 1. The predicted molar refractivity (Wildman–Crippen MR) is 127 cm³/mol. The first-order valence-corrected chi connectivity index (χ1v) is 11.1. The van der Waals surface area contributed by atoms with Crippen molar-refractivity contribution in [3.8, 4) is 0 Å². The molecule has 1 aliphatic rings. The molecule has 0 saturated carbocycles. The van der Waals surface area contributed by atoms with Crippen LogP contribution in [-0.2, 0) is 12.8 Å². The molecule has 0 aliphatic carbocycles. The molecule has 2 aromatic carbocycles. The smallest absolute Gasteiger partial charge is 0.269 e. The molecule has 3 aromatic rings. The van der Waals surface area contributed by atoms with E-state index in [0.29, 0.717) is 31.7 Å². The maximum Gasteiger partial charge on any atom is 0.269 e. The van der Waals surface area contributed by atoms with Gasteiger partial charge in [-0.2, -0.15) is 0 Å². The summed E-state index contributed by atoms with van der Waals surface area (Å²) in [5, 5.41) is 10.9. The minimum Gasteiger partial charge on any atom is -0.353 e. The fraction of sp³-hybridized carbons (Fsp3) is 0.320. The summed E-state index contributed by atoms with van der Waals surface area (Å²) in [6.45, 7) is 6.49. The van der Waals surface area contributed by atoms with Crippen molar-refractivity contribution in [2.45, 2.75) is 26.7 Å². The van der Waals surface area contributed by atoms with Crippen LogP contribution in [-0.4, -0.2) is 51.9 Å². The lowest BCUT2D eigenvalue weighted by molar-refractivity contribution is -0.384. The van der Waals surface area contributed by atoms with Gasteiger partial charge < -0.3 is 9.80 Å². The Labute approximate surface area is 193 Å². The van der Waals surface area contributed by atoms with E-state index in [4.69, 9.17) is 9.97 Å². The zero-order chi connectivity index (χ0) is 23.4. The Morgan fingerprint density at radius 1 is 1.00 bits per heavy atom. The van der Waals surface area contributed by atoms with Crippen LogP contribution in [0.5, 0.6) is 0 Å². The summed E-state index contributed by atoms with van der Waals surface area (Å²) in [7, 11) is 0. The molecule has 0 bridgehead atoms. The number of carbonyl (C=O) groups is 1. The molecule has 0 atom stereocenters. The number of non-ortho nitro benzene ring substituents is 1. The van der Waals surface area contributed by atoms with Crippen LogP contribution < -0.4 is 4.90 Å². The summed E-state index contributed by atoms with van der Waals surface area (Å²) < 4.78 is 0. The largest absolute Gasteiger partial charge is 0.353 e. The average Bonchev–Trinajstić information content (AvgIpc) is 2.85. The number of carbonyl (C=O) groups excluding carboxylic acids is 1. The Morgan fingerprint density at radius 3 is 2.27 bits per heavy atom. The van der Waals surface area contributed by atoms with E-state index in [1.807, 2.05) is 25.1 Å². The molecule has 1 amide bonds. The van der Waals surface area contributed by atoms with Crippen LogP contribution in [0.25, 0.3) is 0 Å². The molecule has 1 aliphatic heterocycles. The summed E-state index contributed by atoms with van der Waals surface area (Å²) >= 11 is 0. The monoisotopic (exact) mass is 445 g/mol. The van der Waals surface area contributed by atoms with E-state index < -0.39 is 4.92 Å². The van der Waals surface area contributed by atoms with Crippen LogP contribution in [0.3, 0.4) is 0 Å². The second-order valence-corrected chi connectivity index (χ2v) is 8.12. The number of benzene rings is 2. The first-order valence-electron chi connectivity index (χ1n) is 11.1. The average molecular weight is 446 g/mol. The normalized spacial score (nSPS) is 13.8. The molecule has 170 valence electrons. The molecule has 8 nitrogen and oxygen atoms in total. The molecular formula is C25H27N5O3. The molecule has 2 heterocycles. The van der Waals surface area contributed by atoms with E-state index in [1.54, 1.807) is 4.90 Å². The van der Waals surface area contributed by atoms with E-state index >= 15 is 0 Å². The van der Waals surface area contributed by atoms with Crippen molar-refractivity contribution in [3.05, 3.63) is 92.9 Å². The Balaban J connectivity index is 1.51. The Kier molecular flexibility index (Phi) is 6.63. The summed E-state index contributed by atoms with van der Waals surface area (Å²) in [6.07, 6.45) is 1.60. The maximum atomic E-state index is 12.9. The Morgan fingerprint density at radius 2 is 1.67 bits per heavy atom. The van der Waals surface area contributed by atoms with Gasteiger partial charge >= 0.3 is 0 Å². The Bertz CT molecular complexity index is 1140. The second-order valence-electron chi connectivity index (χ2n) is 8.12. The zero-order valence-corrected chi connectivity index (χ0v) is 18.9. The van der Waals surface area contributed by atoms with Gasteiger partial charge in [-0.15, -0.1) is 0 Å². The molecule has 0 spiro atoms. The quantitative estimate of drug-likeness (QED) is 0.423. The summed E-state index contributed by atoms with van der Waals surface area (Å²) in [5.74, 6) is 1.59. The predicted octanol–water partition coefficient (Wildman–Crippen LogP) is 3.81. The molecule has 1 saturated heterocycles. The molecule has 4 rings (SSSR count). The van der Waals surface area contributed by atoms with Gasteiger partial charge in [-0.25, -0.2) is 9.97 Å². The first kappa shape index (κ1) is 22.4. The lowest BCUT2D eigenvalue weighted by Gasteiger charge is -2.36. The number of piperazine rings is 1. The number of nitro benzene ring substituents is 1. The summed E-state index contributed by atoms with van der Waals surface area (Å²) in [6, 6.07) is 16.1. The van der Waals surface area contributed by atoms with E-state index in [0.717, 1.165) is 35.7 Å². The maximum absolute atomic E-state index is 12.9. The van der Waals surface area contributed by atoms with Gasteiger partial charge in [0, 0.05) is 61.6 Å². The van der Waals surface area contributed by atoms with Crippen molar-refractivity contribution >= 4 is 17.4 Å². The molecular weight excluding hydrogens is 418 g/mol. The topological polar surface area (TPSA) is 92.5 Å². The van der Waals surface area contributed by atoms with Gasteiger partial charge in [0.25, 0.3) is 11.6 Å². The van der Waals surface area contributed by atoms with Crippen molar-refractivity contribution in [2.24, 2.45) is 0 Å². The van der Waals surface area contributed by atoms with Crippen molar-refractivity contribution in [3.63, 3.8) is 0 Å². The Hall–Kier alpha value is -3.81. The third-order valence-corrected chi connectivity index (χ3v) is 5.93. The number of aryl methyl sites for hydroxylation is 2. The number of rotatable bonds is 6. The third kappa shape index (κ3) is 5.00. The molecule has 8 heteroatoms. The van der Waals surface area contributed by atoms with Crippen molar-refractivity contribution in [2.75, 3.05) is 31.1 Å². The first-order chi connectivity index (χ1) is 16.0. The lowest BCUT2D eigenvalue weighted by atomic mass is 10.0. The second kappa shape index (κ2) is 9.77. The van der Waals surface area contributed by atoms with E-state index in [-0.39, 0.29) is 11.6 Å². The summed E-state index contributed by atoms with van der Waals surface area (Å²) in [4.78, 5) is 36.8. The standard InChI is InChI=1S/C25H27N5O3/c1-3-23-22(17-19-7-5-4-6-8-19)24(27-18(2)26-23)28-13-15-29(16-14-28)25(31)20-9-11-21(12-10-20)30(32)33/h4-12H,3,13-17H2,1-2H3. The minimum absolute atomic E-state index is 0.0202. The number of hydrogen-bond donors (Lipinski definition) is 0. The lowest BCUT2D eigenvalue weighted by Crippen LogP contribution is -2.49. The van der Waals surface area contributed by atoms with Gasteiger partial charge in [-0.1, -0.05) is 37.3 Å². The van der Waals surface area contributed by atoms with Gasteiger partial charge in [-0.05, 0) is 31.0 Å². The fourth-order valence-corrected chi connectivity index (χ4v) is 4.20. The molecule has 1 fully saturated rings. The molecule has 0 N–H and O–H groups in total. The van der Waals surface area contributed by atoms with Crippen LogP contribution in [0.4, 0.5) is 11.5 Å². The molecule has 1 aromatic heterocycles. The number of aromatic nitrogens is 2. The number of hydrogen-bond acceptors (Lipinski definition) is 6. The molecule has 33 heavy (non-hydrogen) atoms. The van der Waals surface area contributed by atoms with Crippen LogP contribution >= 0.6 is 0 Å². The SMILES string of the molecule is CCc1nc(C)nc(N2CCN(C(=O)c3ccc([N+](=O)[O-])cc3)CC2)c1Cc1ccccc1. The van der Waals surface area contributed by atoms with Crippen LogP contribution in [0, 0.1) is 17.0 Å². The summed E-state index contributed by atoms with van der Waals surface area (Å²) in [5.41, 5.74) is 3.86. The van der Waals surface area contributed by atoms with Gasteiger partial charge in [0.1, 0.15) is 11.6 Å².